The second kappa shape index (κ2) is 10.1. The summed E-state index contributed by atoms with van der Waals surface area (Å²) in [5.41, 5.74) is 4.80. The number of aryl methyl sites for hydroxylation is 1. The van der Waals surface area contributed by atoms with E-state index in [4.69, 9.17) is 0 Å². The van der Waals surface area contributed by atoms with Gasteiger partial charge in [-0.05, 0) is 48.4 Å². The second-order valence-corrected chi connectivity index (χ2v) is 8.55. The molecule has 0 radical (unpaired) electrons. The quantitative estimate of drug-likeness (QED) is 0.702. The Morgan fingerprint density at radius 3 is 2.38 bits per heavy atom. The van der Waals surface area contributed by atoms with Gasteiger partial charge in [-0.2, -0.15) is 0 Å². The van der Waals surface area contributed by atoms with Crippen LogP contribution in [0.15, 0.2) is 42.5 Å². The Morgan fingerprint density at radius 1 is 1.00 bits per heavy atom. The number of piperazine rings is 1. The molecule has 3 amide bonds. The van der Waals surface area contributed by atoms with Gasteiger partial charge in [-0.3, -0.25) is 14.6 Å². The van der Waals surface area contributed by atoms with Crippen LogP contribution in [0.5, 0.6) is 0 Å². The van der Waals surface area contributed by atoms with Gasteiger partial charge in [0.15, 0.2) is 0 Å². The van der Waals surface area contributed by atoms with E-state index in [9.17, 15) is 9.59 Å². The van der Waals surface area contributed by atoms with Crippen molar-refractivity contribution < 1.29 is 9.59 Å². The van der Waals surface area contributed by atoms with Crippen molar-refractivity contribution in [1.82, 2.24) is 20.4 Å². The average molecular weight is 436 g/mol. The highest BCUT2D eigenvalue weighted by Gasteiger charge is 2.23. The fourth-order valence-corrected chi connectivity index (χ4v) is 4.47. The number of likely N-dealkylation sites (N-methyl/N-ethyl adjacent to an activating group) is 1. The maximum atomic E-state index is 12.8. The summed E-state index contributed by atoms with van der Waals surface area (Å²) in [6, 6.07) is 13.8. The summed E-state index contributed by atoms with van der Waals surface area (Å²) < 4.78 is 0. The van der Waals surface area contributed by atoms with Crippen LogP contribution in [-0.4, -0.2) is 67.6 Å². The number of nitrogens with one attached hydrogen (secondary N) is 2. The Hall–Kier alpha value is -2.90. The van der Waals surface area contributed by atoms with Crippen molar-refractivity contribution in [1.29, 1.82) is 0 Å². The van der Waals surface area contributed by atoms with Crippen molar-refractivity contribution in [3.05, 3.63) is 64.7 Å². The minimum absolute atomic E-state index is 0.0852. The molecule has 0 spiro atoms. The van der Waals surface area contributed by atoms with Gasteiger partial charge in [-0.15, -0.1) is 0 Å². The average Bonchev–Trinajstić information content (AvgIpc) is 3.24. The Kier molecular flexibility index (Phi) is 7.07. The number of urea groups is 1. The summed E-state index contributed by atoms with van der Waals surface area (Å²) in [4.78, 5) is 31.4. The first-order valence-electron chi connectivity index (χ1n) is 11.5. The molecule has 0 saturated carbocycles. The number of carbonyl (C=O) groups excluding carboxylic acids is 2. The monoisotopic (exact) mass is 435 g/mol. The molecule has 0 bridgehead atoms. The molecule has 0 atom stereocenters. The summed E-state index contributed by atoms with van der Waals surface area (Å²) in [6.45, 7) is 12.4. The summed E-state index contributed by atoms with van der Waals surface area (Å²) in [7, 11) is 0. The van der Waals surface area contributed by atoms with Crippen molar-refractivity contribution in [2.75, 3.05) is 50.7 Å². The van der Waals surface area contributed by atoms with Crippen molar-refractivity contribution in [2.45, 2.75) is 26.9 Å². The van der Waals surface area contributed by atoms with E-state index in [1.165, 1.54) is 5.56 Å². The first-order valence-corrected chi connectivity index (χ1v) is 11.5. The summed E-state index contributed by atoms with van der Waals surface area (Å²) in [5, 5.41) is 5.89. The molecule has 4 rings (SSSR count). The number of benzene rings is 2. The Bertz CT molecular complexity index is 969. The molecule has 0 aromatic heterocycles. The molecule has 2 aromatic rings. The normalized spacial score (nSPS) is 17.4. The van der Waals surface area contributed by atoms with E-state index in [1.807, 2.05) is 25.1 Å². The van der Waals surface area contributed by atoms with Gasteiger partial charge in [0.25, 0.3) is 5.91 Å². The van der Waals surface area contributed by atoms with Crippen LogP contribution in [0.2, 0.25) is 0 Å². The van der Waals surface area contributed by atoms with Crippen LogP contribution in [0.25, 0.3) is 0 Å². The smallest absolute Gasteiger partial charge is 0.322 e. The summed E-state index contributed by atoms with van der Waals surface area (Å²) in [6.07, 6.45) is 0. The van der Waals surface area contributed by atoms with Crippen molar-refractivity contribution in [2.24, 2.45) is 0 Å². The van der Waals surface area contributed by atoms with Crippen molar-refractivity contribution >= 4 is 17.6 Å². The van der Waals surface area contributed by atoms with Crippen LogP contribution in [0.1, 0.15) is 34.0 Å². The van der Waals surface area contributed by atoms with E-state index in [0.717, 1.165) is 56.1 Å². The number of carbonyl (C=O) groups is 2. The van der Waals surface area contributed by atoms with E-state index in [1.54, 1.807) is 11.0 Å². The number of anilines is 1. The van der Waals surface area contributed by atoms with Crippen LogP contribution in [-0.2, 0) is 13.1 Å². The van der Waals surface area contributed by atoms with E-state index in [0.29, 0.717) is 25.2 Å². The van der Waals surface area contributed by atoms with Gasteiger partial charge in [0.1, 0.15) is 0 Å². The maximum Gasteiger partial charge on any atom is 0.322 e. The molecule has 7 nitrogen and oxygen atoms in total. The van der Waals surface area contributed by atoms with Gasteiger partial charge < -0.3 is 15.5 Å². The topological polar surface area (TPSA) is 67.9 Å². The molecule has 2 heterocycles. The van der Waals surface area contributed by atoms with E-state index < -0.39 is 0 Å². The number of amides is 3. The highest BCUT2D eigenvalue weighted by Crippen LogP contribution is 2.23. The molecule has 2 saturated heterocycles. The van der Waals surface area contributed by atoms with Gasteiger partial charge in [-0.25, -0.2) is 4.79 Å². The van der Waals surface area contributed by atoms with Crippen molar-refractivity contribution in [3.8, 4) is 0 Å². The molecular weight excluding hydrogens is 402 g/mol. The summed E-state index contributed by atoms with van der Waals surface area (Å²) in [5.74, 6) is -0.100. The van der Waals surface area contributed by atoms with Gasteiger partial charge >= 0.3 is 6.03 Å². The van der Waals surface area contributed by atoms with Crippen LogP contribution < -0.4 is 15.5 Å². The molecular formula is C25H33N5O2. The molecule has 0 aliphatic carbocycles. The minimum atomic E-state index is -0.100. The third-order valence-electron chi connectivity index (χ3n) is 6.47. The van der Waals surface area contributed by atoms with E-state index >= 15 is 0 Å². The van der Waals surface area contributed by atoms with Crippen LogP contribution in [0.3, 0.4) is 0 Å². The number of hydrogen-bond donors (Lipinski definition) is 2. The molecule has 2 aromatic carbocycles. The first-order chi connectivity index (χ1) is 15.5. The molecule has 32 heavy (non-hydrogen) atoms. The van der Waals surface area contributed by atoms with E-state index in [2.05, 4.69) is 45.6 Å². The lowest BCUT2D eigenvalue weighted by Gasteiger charge is -2.34. The van der Waals surface area contributed by atoms with Crippen LogP contribution >= 0.6 is 0 Å². The second-order valence-electron chi connectivity index (χ2n) is 8.55. The zero-order chi connectivity index (χ0) is 22.5. The zero-order valence-electron chi connectivity index (χ0n) is 19.1. The standard InChI is InChI=1S/C25H33N5O2/c1-3-28-12-14-29(15-13-28)18-22-7-5-4-6-21(22)17-27-24(31)20-8-9-23(19(2)16-20)30-11-10-26-25(30)32/h4-9,16H,3,10-15,17-18H2,1-2H3,(H,26,32)(H,27,31). The Balaban J connectivity index is 1.37. The lowest BCUT2D eigenvalue weighted by atomic mass is 10.1. The SMILES string of the molecule is CCN1CCN(Cc2ccccc2CNC(=O)c2ccc(N3CCNC3=O)c(C)c2)CC1. The highest BCUT2D eigenvalue weighted by molar-refractivity contribution is 5.97. The fourth-order valence-electron chi connectivity index (χ4n) is 4.47. The molecule has 2 aliphatic heterocycles. The molecule has 2 N–H and O–H groups in total. The predicted octanol–water partition coefficient (Wildman–Crippen LogP) is 2.59. The molecule has 7 heteroatoms. The summed E-state index contributed by atoms with van der Waals surface area (Å²) >= 11 is 0. The Morgan fingerprint density at radius 2 is 1.72 bits per heavy atom. The van der Waals surface area contributed by atoms with Crippen molar-refractivity contribution in [3.63, 3.8) is 0 Å². The van der Waals surface area contributed by atoms with Gasteiger partial charge in [0.2, 0.25) is 0 Å². The number of nitrogens with zero attached hydrogens (tertiary/aromatic N) is 3. The zero-order valence-corrected chi connectivity index (χ0v) is 19.1. The number of hydrogen-bond acceptors (Lipinski definition) is 4. The largest absolute Gasteiger partial charge is 0.348 e. The Labute approximate surface area is 190 Å². The lowest BCUT2D eigenvalue weighted by molar-refractivity contribution is 0.0950. The molecule has 2 aliphatic rings. The molecule has 0 unspecified atom stereocenters. The van der Waals surface area contributed by atoms with Crippen LogP contribution in [0.4, 0.5) is 10.5 Å². The van der Waals surface area contributed by atoms with Gasteiger partial charge in [0, 0.05) is 63.6 Å². The third kappa shape index (κ3) is 5.11. The maximum absolute atomic E-state index is 12.8. The molecule has 170 valence electrons. The fraction of sp³-hybridized carbons (Fsp3) is 0.440. The van der Waals surface area contributed by atoms with Gasteiger partial charge in [-0.1, -0.05) is 31.2 Å². The lowest BCUT2D eigenvalue weighted by Crippen LogP contribution is -2.45. The number of rotatable bonds is 7. The predicted molar refractivity (Wildman–Crippen MR) is 127 cm³/mol. The highest BCUT2D eigenvalue weighted by atomic mass is 16.2. The molecule has 2 fully saturated rings. The van der Waals surface area contributed by atoms with Gasteiger partial charge in [0.05, 0.1) is 0 Å². The third-order valence-corrected chi connectivity index (χ3v) is 6.47. The van der Waals surface area contributed by atoms with Crippen LogP contribution in [0, 0.1) is 6.92 Å². The van der Waals surface area contributed by atoms with E-state index in [-0.39, 0.29) is 11.9 Å². The minimum Gasteiger partial charge on any atom is -0.348 e. The first kappa shape index (κ1) is 22.3.